The van der Waals surface area contributed by atoms with E-state index in [0.717, 1.165) is 0 Å². The Hall–Kier alpha value is -4.32. The lowest BCUT2D eigenvalue weighted by Crippen LogP contribution is -2.32. The molecule has 1 amide bonds. The van der Waals surface area contributed by atoms with Gasteiger partial charge in [-0.05, 0) is 61.9 Å². The molecule has 0 aliphatic carbocycles. The highest BCUT2D eigenvalue weighted by Crippen LogP contribution is 2.19. The van der Waals surface area contributed by atoms with Crippen molar-refractivity contribution in [2.75, 3.05) is 10.0 Å². The SMILES string of the molecule is CCC(OC(=O)c1ccc2ncoc2c1)C(=O)Nc1ccc(S(=O)(=O)Nc2nccc(C)n2)cc1. The van der Waals surface area contributed by atoms with Gasteiger partial charge in [0.05, 0.1) is 10.5 Å². The smallest absolute Gasteiger partial charge is 0.339 e. The summed E-state index contributed by atoms with van der Waals surface area (Å²) >= 11 is 0. The third-order valence-electron chi connectivity index (χ3n) is 4.93. The lowest BCUT2D eigenvalue weighted by molar-refractivity contribution is -0.124. The zero-order valence-corrected chi connectivity index (χ0v) is 19.6. The lowest BCUT2D eigenvalue weighted by atomic mass is 10.2. The van der Waals surface area contributed by atoms with Crippen LogP contribution in [-0.4, -0.2) is 41.4 Å². The second kappa shape index (κ2) is 9.89. The Labute approximate surface area is 200 Å². The van der Waals surface area contributed by atoms with Crippen molar-refractivity contribution in [1.29, 1.82) is 0 Å². The molecule has 0 radical (unpaired) electrons. The maximum atomic E-state index is 12.7. The zero-order valence-electron chi connectivity index (χ0n) is 18.8. The Balaban J connectivity index is 1.40. The van der Waals surface area contributed by atoms with Gasteiger partial charge in [-0.15, -0.1) is 0 Å². The number of carbonyl (C=O) groups is 2. The highest BCUT2D eigenvalue weighted by molar-refractivity contribution is 7.92. The highest BCUT2D eigenvalue weighted by atomic mass is 32.2. The fraction of sp³-hybridized carbons (Fsp3) is 0.174. The number of oxazole rings is 1. The van der Waals surface area contributed by atoms with Crippen LogP contribution >= 0.6 is 0 Å². The molecule has 12 heteroatoms. The Morgan fingerprint density at radius 3 is 2.57 bits per heavy atom. The van der Waals surface area contributed by atoms with Crippen molar-refractivity contribution in [3.8, 4) is 0 Å². The summed E-state index contributed by atoms with van der Waals surface area (Å²) in [5.74, 6) is -1.28. The normalized spacial score (nSPS) is 12.2. The molecule has 0 aliphatic heterocycles. The second-order valence-corrected chi connectivity index (χ2v) is 9.16. The van der Waals surface area contributed by atoms with Gasteiger partial charge in [-0.3, -0.25) is 4.79 Å². The standard InChI is InChI=1S/C23H21N5O6S/c1-3-19(34-22(30)15-4-9-18-20(12-15)33-13-25-18)21(29)27-16-5-7-17(8-6-16)35(31,32)28-23-24-11-10-14(2)26-23/h4-13,19H,3H2,1-2H3,(H,27,29)(H,24,26,28). The summed E-state index contributed by atoms with van der Waals surface area (Å²) in [6, 6.07) is 11.8. The number of nitrogens with one attached hydrogen (secondary N) is 2. The number of sulfonamides is 1. The molecule has 2 aromatic carbocycles. The largest absolute Gasteiger partial charge is 0.449 e. The van der Waals surface area contributed by atoms with E-state index in [0.29, 0.717) is 22.5 Å². The van der Waals surface area contributed by atoms with Crippen LogP contribution in [0, 0.1) is 6.92 Å². The summed E-state index contributed by atoms with van der Waals surface area (Å²) in [6.07, 6.45) is 1.89. The van der Waals surface area contributed by atoms with E-state index in [1.54, 1.807) is 26.0 Å². The number of anilines is 2. The molecule has 2 aromatic heterocycles. The van der Waals surface area contributed by atoms with Crippen LogP contribution in [0.5, 0.6) is 0 Å². The van der Waals surface area contributed by atoms with Crippen LogP contribution in [0.4, 0.5) is 11.6 Å². The van der Waals surface area contributed by atoms with E-state index >= 15 is 0 Å². The van der Waals surface area contributed by atoms with Gasteiger partial charge >= 0.3 is 5.97 Å². The van der Waals surface area contributed by atoms with Crippen molar-refractivity contribution in [3.63, 3.8) is 0 Å². The predicted molar refractivity (Wildman–Crippen MR) is 126 cm³/mol. The predicted octanol–water partition coefficient (Wildman–Crippen LogP) is 3.30. The first kappa shape index (κ1) is 23.8. The van der Waals surface area contributed by atoms with Crippen LogP contribution in [0.2, 0.25) is 0 Å². The van der Waals surface area contributed by atoms with Crippen LogP contribution in [0.25, 0.3) is 11.1 Å². The van der Waals surface area contributed by atoms with Crippen molar-refractivity contribution in [3.05, 3.63) is 72.4 Å². The Morgan fingerprint density at radius 2 is 1.86 bits per heavy atom. The van der Waals surface area contributed by atoms with Crippen LogP contribution in [0.3, 0.4) is 0 Å². The van der Waals surface area contributed by atoms with Crippen molar-refractivity contribution >= 4 is 44.6 Å². The number of esters is 1. The molecule has 1 atom stereocenters. The number of nitrogens with zero attached hydrogens (tertiary/aromatic N) is 3. The van der Waals surface area contributed by atoms with E-state index in [2.05, 4.69) is 25.0 Å². The molecule has 35 heavy (non-hydrogen) atoms. The third kappa shape index (κ3) is 5.61. The van der Waals surface area contributed by atoms with Crippen LogP contribution in [0.1, 0.15) is 29.4 Å². The fourth-order valence-electron chi connectivity index (χ4n) is 3.12. The van der Waals surface area contributed by atoms with E-state index in [1.165, 1.54) is 49.0 Å². The van der Waals surface area contributed by atoms with Gasteiger partial charge in [0, 0.05) is 17.6 Å². The zero-order chi connectivity index (χ0) is 25.0. The Bertz CT molecular complexity index is 1480. The van der Waals surface area contributed by atoms with E-state index in [1.807, 2.05) is 0 Å². The van der Waals surface area contributed by atoms with Crippen LogP contribution in [-0.2, 0) is 19.6 Å². The van der Waals surface area contributed by atoms with Crippen molar-refractivity contribution in [1.82, 2.24) is 15.0 Å². The summed E-state index contributed by atoms with van der Waals surface area (Å²) in [7, 11) is -3.92. The van der Waals surface area contributed by atoms with Gasteiger partial charge in [-0.1, -0.05) is 6.92 Å². The quantitative estimate of drug-likeness (QED) is 0.350. The molecule has 0 aliphatic rings. The average molecular weight is 496 g/mol. The van der Waals surface area contributed by atoms with E-state index in [-0.39, 0.29) is 22.8 Å². The number of hydrogen-bond acceptors (Lipinski definition) is 9. The minimum absolute atomic E-state index is 0.0399. The number of fused-ring (bicyclic) bond motifs is 1. The summed E-state index contributed by atoms with van der Waals surface area (Å²) in [5, 5.41) is 2.63. The van der Waals surface area contributed by atoms with Gasteiger partial charge in [0.2, 0.25) is 5.95 Å². The Morgan fingerprint density at radius 1 is 1.09 bits per heavy atom. The summed E-state index contributed by atoms with van der Waals surface area (Å²) in [5.41, 5.74) is 2.19. The minimum atomic E-state index is -3.92. The van der Waals surface area contributed by atoms with Gasteiger partial charge < -0.3 is 14.5 Å². The third-order valence-corrected chi connectivity index (χ3v) is 6.28. The molecule has 0 bridgehead atoms. The monoisotopic (exact) mass is 495 g/mol. The Kier molecular flexibility index (Phi) is 6.73. The molecule has 2 heterocycles. The first-order chi connectivity index (χ1) is 16.7. The molecule has 4 rings (SSSR count). The van der Waals surface area contributed by atoms with Gasteiger partial charge in [0.1, 0.15) is 5.52 Å². The molecule has 11 nitrogen and oxygen atoms in total. The minimum Gasteiger partial charge on any atom is -0.449 e. The highest BCUT2D eigenvalue weighted by Gasteiger charge is 2.23. The fourth-order valence-corrected chi connectivity index (χ4v) is 4.07. The molecule has 4 aromatic rings. The van der Waals surface area contributed by atoms with Gasteiger partial charge in [-0.25, -0.2) is 32.9 Å². The number of hydrogen-bond donors (Lipinski definition) is 2. The average Bonchev–Trinajstić information content (AvgIpc) is 3.30. The molecule has 0 saturated carbocycles. The summed E-state index contributed by atoms with van der Waals surface area (Å²) in [4.78, 5) is 37.0. The van der Waals surface area contributed by atoms with Gasteiger partial charge in [-0.2, -0.15) is 0 Å². The molecule has 0 saturated heterocycles. The first-order valence-electron chi connectivity index (χ1n) is 10.5. The molecule has 0 spiro atoms. The van der Waals surface area contributed by atoms with E-state index < -0.39 is 28.0 Å². The first-order valence-corrected chi connectivity index (χ1v) is 12.0. The second-order valence-electron chi connectivity index (χ2n) is 7.48. The molecule has 1 unspecified atom stereocenters. The topological polar surface area (TPSA) is 153 Å². The number of rotatable bonds is 8. The number of carbonyl (C=O) groups excluding carboxylic acids is 2. The summed E-state index contributed by atoms with van der Waals surface area (Å²) in [6.45, 7) is 3.42. The lowest BCUT2D eigenvalue weighted by Gasteiger charge is -2.16. The maximum Gasteiger partial charge on any atom is 0.339 e. The van der Waals surface area contributed by atoms with Gasteiger partial charge in [0.25, 0.3) is 15.9 Å². The van der Waals surface area contributed by atoms with Crippen molar-refractivity contribution < 1.29 is 27.2 Å². The van der Waals surface area contributed by atoms with Crippen LogP contribution < -0.4 is 10.0 Å². The summed E-state index contributed by atoms with van der Waals surface area (Å²) < 4.78 is 38.0. The molecular formula is C23H21N5O6S. The molecular weight excluding hydrogens is 474 g/mol. The number of benzene rings is 2. The van der Waals surface area contributed by atoms with Gasteiger partial charge in [0.15, 0.2) is 18.1 Å². The maximum absolute atomic E-state index is 12.7. The number of aryl methyl sites for hydroxylation is 1. The van der Waals surface area contributed by atoms with Crippen molar-refractivity contribution in [2.45, 2.75) is 31.3 Å². The molecule has 180 valence electrons. The number of ether oxygens (including phenoxy) is 1. The number of amides is 1. The van der Waals surface area contributed by atoms with E-state index in [9.17, 15) is 18.0 Å². The van der Waals surface area contributed by atoms with Crippen LogP contribution in [0.15, 0.2) is 70.4 Å². The van der Waals surface area contributed by atoms with Crippen molar-refractivity contribution in [2.24, 2.45) is 0 Å². The molecule has 2 N–H and O–H groups in total. The van der Waals surface area contributed by atoms with E-state index in [4.69, 9.17) is 9.15 Å². The molecule has 0 fully saturated rings. The number of aromatic nitrogens is 3.